The Bertz CT molecular complexity index is 469. The number of carbonyl (C=O) groups excluding carboxylic acids is 1. The number of methoxy groups -OCH3 is 1. The number of rotatable bonds is 4. The van der Waals surface area contributed by atoms with Gasteiger partial charge in [0.05, 0.1) is 7.11 Å². The van der Waals surface area contributed by atoms with Gasteiger partial charge in [-0.2, -0.15) is 0 Å². The van der Waals surface area contributed by atoms with Crippen LogP contribution in [0.1, 0.15) is 31.2 Å². The number of ether oxygens (including phenoxy) is 1. The van der Waals surface area contributed by atoms with E-state index in [0.29, 0.717) is 12.6 Å². The van der Waals surface area contributed by atoms with Gasteiger partial charge in [0.1, 0.15) is 5.75 Å². The smallest absolute Gasteiger partial charge is 0.319 e. The monoisotopic (exact) mass is 291 g/mol. The lowest BCUT2D eigenvalue weighted by atomic mass is 10.1. The summed E-state index contributed by atoms with van der Waals surface area (Å²) in [6.45, 7) is 3.66. The summed E-state index contributed by atoms with van der Waals surface area (Å²) in [6.07, 6.45) is 4.87. The highest BCUT2D eigenvalue weighted by Crippen LogP contribution is 2.20. The van der Waals surface area contributed by atoms with Crippen molar-refractivity contribution in [3.8, 4) is 5.75 Å². The molecule has 0 bridgehead atoms. The summed E-state index contributed by atoms with van der Waals surface area (Å²) in [4.78, 5) is 12.0. The molecule has 21 heavy (non-hydrogen) atoms. The Morgan fingerprint density at radius 3 is 3.00 bits per heavy atom. The van der Waals surface area contributed by atoms with E-state index in [1.807, 2.05) is 25.1 Å². The minimum absolute atomic E-state index is 0.158. The zero-order valence-electron chi connectivity index (χ0n) is 12.9. The first-order valence-corrected chi connectivity index (χ1v) is 7.62. The maximum Gasteiger partial charge on any atom is 0.319 e. The van der Waals surface area contributed by atoms with Crippen molar-refractivity contribution in [1.29, 1.82) is 0 Å². The maximum absolute atomic E-state index is 12.0. The third-order valence-electron chi connectivity index (χ3n) is 3.85. The van der Waals surface area contributed by atoms with Gasteiger partial charge < -0.3 is 20.7 Å². The van der Waals surface area contributed by atoms with Crippen molar-refractivity contribution in [2.75, 3.05) is 25.5 Å². The lowest BCUT2D eigenvalue weighted by Gasteiger charge is -2.17. The van der Waals surface area contributed by atoms with E-state index in [4.69, 9.17) is 4.74 Å². The molecule has 1 unspecified atom stereocenters. The summed E-state index contributed by atoms with van der Waals surface area (Å²) in [5.41, 5.74) is 1.79. The number of urea groups is 1. The standard InChI is InChI=1S/C16H25N3O2/c1-12-10-14(21-2)7-8-15(12)19-16(20)18-11-13-6-4-3-5-9-17-13/h7-8,10,13,17H,3-6,9,11H2,1-2H3,(H2,18,19,20). The molecule has 0 radical (unpaired) electrons. The highest BCUT2D eigenvalue weighted by Gasteiger charge is 2.12. The maximum atomic E-state index is 12.0. The Balaban J connectivity index is 1.81. The highest BCUT2D eigenvalue weighted by molar-refractivity contribution is 5.90. The minimum atomic E-state index is -0.158. The molecule has 2 amide bonds. The SMILES string of the molecule is COc1ccc(NC(=O)NCC2CCCCCN2)c(C)c1. The fraction of sp³-hybridized carbons (Fsp3) is 0.562. The molecule has 1 atom stereocenters. The average Bonchev–Trinajstić information content (AvgIpc) is 2.76. The van der Waals surface area contributed by atoms with Crippen LogP contribution in [0.5, 0.6) is 5.75 Å². The second-order valence-corrected chi connectivity index (χ2v) is 5.52. The molecular weight excluding hydrogens is 266 g/mol. The molecule has 1 aromatic carbocycles. The molecule has 1 aromatic rings. The van der Waals surface area contributed by atoms with Gasteiger partial charge in [0.2, 0.25) is 0 Å². The van der Waals surface area contributed by atoms with Crippen molar-refractivity contribution < 1.29 is 9.53 Å². The topological polar surface area (TPSA) is 62.4 Å². The van der Waals surface area contributed by atoms with E-state index in [1.54, 1.807) is 7.11 Å². The summed E-state index contributed by atoms with van der Waals surface area (Å²) in [5.74, 6) is 0.793. The van der Waals surface area contributed by atoms with E-state index in [1.165, 1.54) is 19.3 Å². The van der Waals surface area contributed by atoms with Crippen molar-refractivity contribution in [3.63, 3.8) is 0 Å². The quantitative estimate of drug-likeness (QED) is 0.799. The van der Waals surface area contributed by atoms with Gasteiger partial charge in [-0.15, -0.1) is 0 Å². The van der Waals surface area contributed by atoms with E-state index in [2.05, 4.69) is 16.0 Å². The van der Waals surface area contributed by atoms with E-state index in [-0.39, 0.29) is 6.03 Å². The molecule has 1 heterocycles. The molecule has 5 heteroatoms. The molecule has 0 aliphatic carbocycles. The normalized spacial score (nSPS) is 18.7. The molecular formula is C16H25N3O2. The van der Waals surface area contributed by atoms with Gasteiger partial charge in [0, 0.05) is 18.3 Å². The van der Waals surface area contributed by atoms with Crippen LogP contribution in [0.25, 0.3) is 0 Å². The van der Waals surface area contributed by atoms with Gasteiger partial charge in [0.25, 0.3) is 0 Å². The second kappa shape index (κ2) is 7.88. The number of hydrogen-bond acceptors (Lipinski definition) is 3. The van der Waals surface area contributed by atoms with E-state index in [9.17, 15) is 4.79 Å². The summed E-state index contributed by atoms with van der Waals surface area (Å²) >= 11 is 0. The molecule has 1 aliphatic heterocycles. The number of carbonyl (C=O) groups is 1. The second-order valence-electron chi connectivity index (χ2n) is 5.52. The molecule has 1 fully saturated rings. The van der Waals surface area contributed by atoms with Crippen LogP contribution >= 0.6 is 0 Å². The fourth-order valence-corrected chi connectivity index (χ4v) is 2.56. The fourth-order valence-electron chi connectivity index (χ4n) is 2.56. The van der Waals surface area contributed by atoms with E-state index in [0.717, 1.165) is 30.0 Å². The first kappa shape index (κ1) is 15.6. The van der Waals surface area contributed by atoms with Crippen LogP contribution in [0.15, 0.2) is 18.2 Å². The van der Waals surface area contributed by atoms with Crippen LogP contribution in [0.4, 0.5) is 10.5 Å². The van der Waals surface area contributed by atoms with Gasteiger partial charge in [-0.3, -0.25) is 0 Å². The van der Waals surface area contributed by atoms with Crippen molar-refractivity contribution in [1.82, 2.24) is 10.6 Å². The minimum Gasteiger partial charge on any atom is -0.497 e. The predicted molar refractivity (Wildman–Crippen MR) is 85.0 cm³/mol. The third kappa shape index (κ3) is 4.93. The molecule has 2 rings (SSSR count). The molecule has 3 N–H and O–H groups in total. The number of aryl methyl sites for hydroxylation is 1. The summed E-state index contributed by atoms with van der Waals surface area (Å²) in [5, 5.41) is 9.29. The number of nitrogens with one attached hydrogen (secondary N) is 3. The molecule has 0 saturated carbocycles. The zero-order valence-corrected chi connectivity index (χ0v) is 12.9. The molecule has 1 aliphatic rings. The van der Waals surface area contributed by atoms with Crippen molar-refractivity contribution >= 4 is 11.7 Å². The third-order valence-corrected chi connectivity index (χ3v) is 3.85. The van der Waals surface area contributed by atoms with Gasteiger partial charge in [-0.25, -0.2) is 4.79 Å². The van der Waals surface area contributed by atoms with Crippen molar-refractivity contribution in [2.24, 2.45) is 0 Å². The van der Waals surface area contributed by atoms with Crippen LogP contribution in [-0.2, 0) is 0 Å². The highest BCUT2D eigenvalue weighted by atomic mass is 16.5. The first-order valence-electron chi connectivity index (χ1n) is 7.62. The van der Waals surface area contributed by atoms with E-state index < -0.39 is 0 Å². The average molecular weight is 291 g/mol. The number of amides is 2. The first-order chi connectivity index (χ1) is 10.2. The van der Waals surface area contributed by atoms with Crippen LogP contribution in [0, 0.1) is 6.92 Å². The number of hydrogen-bond donors (Lipinski definition) is 3. The van der Waals surface area contributed by atoms with Crippen LogP contribution in [-0.4, -0.2) is 32.3 Å². The Labute approximate surface area is 126 Å². The van der Waals surface area contributed by atoms with Crippen molar-refractivity contribution in [2.45, 2.75) is 38.6 Å². The molecule has 0 spiro atoms. The Kier molecular flexibility index (Phi) is 5.87. The molecule has 5 nitrogen and oxygen atoms in total. The number of benzene rings is 1. The molecule has 0 aromatic heterocycles. The largest absolute Gasteiger partial charge is 0.497 e. The lowest BCUT2D eigenvalue weighted by Crippen LogP contribution is -2.42. The van der Waals surface area contributed by atoms with Crippen LogP contribution < -0.4 is 20.7 Å². The summed E-state index contributed by atoms with van der Waals surface area (Å²) < 4.78 is 5.16. The molecule has 116 valence electrons. The summed E-state index contributed by atoms with van der Waals surface area (Å²) in [7, 11) is 1.63. The Hall–Kier alpha value is -1.75. The van der Waals surface area contributed by atoms with Gasteiger partial charge in [-0.05, 0) is 50.1 Å². The Morgan fingerprint density at radius 1 is 1.38 bits per heavy atom. The zero-order chi connectivity index (χ0) is 15.1. The van der Waals surface area contributed by atoms with E-state index >= 15 is 0 Å². The number of anilines is 1. The Morgan fingerprint density at radius 2 is 2.24 bits per heavy atom. The predicted octanol–water partition coefficient (Wildman–Crippen LogP) is 2.66. The van der Waals surface area contributed by atoms with Crippen LogP contribution in [0.3, 0.4) is 0 Å². The lowest BCUT2D eigenvalue weighted by molar-refractivity contribution is 0.250. The van der Waals surface area contributed by atoms with Gasteiger partial charge in [0.15, 0.2) is 0 Å². The molecule has 1 saturated heterocycles. The van der Waals surface area contributed by atoms with Gasteiger partial charge >= 0.3 is 6.03 Å². The summed E-state index contributed by atoms with van der Waals surface area (Å²) in [6, 6.07) is 5.83. The van der Waals surface area contributed by atoms with Gasteiger partial charge in [-0.1, -0.05) is 12.8 Å². The van der Waals surface area contributed by atoms with Crippen molar-refractivity contribution in [3.05, 3.63) is 23.8 Å². The van der Waals surface area contributed by atoms with Crippen LogP contribution in [0.2, 0.25) is 0 Å².